The minimum atomic E-state index is -3.36. The lowest BCUT2D eigenvalue weighted by atomic mass is 10.1. The van der Waals surface area contributed by atoms with Gasteiger partial charge in [0.25, 0.3) is 0 Å². The highest BCUT2D eigenvalue weighted by atomic mass is 32.2. The van der Waals surface area contributed by atoms with Gasteiger partial charge in [0.05, 0.1) is 22.8 Å². The fourth-order valence-corrected chi connectivity index (χ4v) is 4.65. The molecule has 0 spiro atoms. The number of piperidine rings is 1. The Labute approximate surface area is 143 Å². The first-order valence-electron chi connectivity index (χ1n) is 7.98. The highest BCUT2D eigenvalue weighted by Gasteiger charge is 2.33. The second-order valence-corrected chi connectivity index (χ2v) is 8.23. The number of aromatic nitrogens is 1. The molecule has 1 aromatic carbocycles. The number of hydrogen-bond acceptors (Lipinski definition) is 5. The summed E-state index contributed by atoms with van der Waals surface area (Å²) >= 11 is 0. The van der Waals surface area contributed by atoms with Crippen molar-refractivity contribution in [3.05, 3.63) is 48.7 Å². The van der Waals surface area contributed by atoms with Crippen molar-refractivity contribution >= 4 is 27.2 Å². The van der Waals surface area contributed by atoms with Crippen molar-refractivity contribution in [3.63, 3.8) is 0 Å². The maximum atomic E-state index is 12.8. The molecule has 0 radical (unpaired) electrons. The molecule has 3 rings (SSSR count). The second kappa shape index (κ2) is 6.68. The molecule has 6 nitrogen and oxygen atoms in total. The van der Waals surface area contributed by atoms with E-state index in [1.807, 2.05) is 42.5 Å². The summed E-state index contributed by atoms with van der Waals surface area (Å²) in [5.74, 6) is 0.844. The summed E-state index contributed by atoms with van der Waals surface area (Å²) in [6.45, 7) is 1.34. The van der Waals surface area contributed by atoms with Crippen LogP contribution in [0.3, 0.4) is 0 Å². The number of pyridine rings is 1. The number of sulfonamides is 1. The molecule has 1 aliphatic rings. The molecule has 0 unspecified atom stereocenters. The summed E-state index contributed by atoms with van der Waals surface area (Å²) in [5, 5.41) is -0.368. The normalized spacial score (nSPS) is 16.1. The lowest BCUT2D eigenvalue weighted by Gasteiger charge is -2.34. The summed E-state index contributed by atoms with van der Waals surface area (Å²) in [5.41, 5.74) is 6.98. The second-order valence-electron chi connectivity index (χ2n) is 5.98. The molecule has 0 bridgehead atoms. The summed E-state index contributed by atoms with van der Waals surface area (Å²) < 4.78 is 27.1. The minimum absolute atomic E-state index is 0.368. The fraction of sp³-hybridized carbons (Fsp3) is 0.353. The summed E-state index contributed by atoms with van der Waals surface area (Å²) in [6, 6.07) is 12.9. The van der Waals surface area contributed by atoms with Gasteiger partial charge in [0.2, 0.25) is 10.0 Å². The molecule has 2 N–H and O–H groups in total. The zero-order valence-corrected chi connectivity index (χ0v) is 14.5. The maximum Gasteiger partial charge on any atom is 0.237 e. The lowest BCUT2D eigenvalue weighted by molar-refractivity contribution is 0.527. The summed E-state index contributed by atoms with van der Waals surface area (Å²) in [7, 11) is -1.74. The van der Waals surface area contributed by atoms with Crippen molar-refractivity contribution in [1.82, 2.24) is 4.98 Å². The molecule has 1 aliphatic heterocycles. The van der Waals surface area contributed by atoms with E-state index in [9.17, 15) is 8.42 Å². The van der Waals surface area contributed by atoms with E-state index in [2.05, 4.69) is 9.88 Å². The topological polar surface area (TPSA) is 79.5 Å². The molecular formula is C17H22N4O2S. The van der Waals surface area contributed by atoms with Crippen LogP contribution in [0.25, 0.3) is 0 Å². The standard InChI is InChI=1S/C17H22N4O2S/c1-20(15-5-3-2-4-6-15)24(22,23)16-9-11-21(12-10-16)17-8-7-14(18)13-19-17/h2-8,13,16H,9-12,18H2,1H3. The van der Waals surface area contributed by atoms with Crippen LogP contribution in [-0.4, -0.2) is 38.8 Å². The smallest absolute Gasteiger partial charge is 0.237 e. The number of rotatable bonds is 4. The molecule has 1 saturated heterocycles. The molecule has 1 aromatic heterocycles. The number of nitrogens with zero attached hydrogens (tertiary/aromatic N) is 3. The molecule has 7 heteroatoms. The largest absolute Gasteiger partial charge is 0.397 e. The van der Waals surface area contributed by atoms with Gasteiger partial charge in [-0.3, -0.25) is 4.31 Å². The highest BCUT2D eigenvalue weighted by molar-refractivity contribution is 7.93. The van der Waals surface area contributed by atoms with Crippen LogP contribution in [0.1, 0.15) is 12.8 Å². The minimum Gasteiger partial charge on any atom is -0.397 e. The number of benzene rings is 1. The number of nitrogen functional groups attached to an aromatic ring is 1. The van der Waals surface area contributed by atoms with Crippen LogP contribution in [0, 0.1) is 0 Å². The van der Waals surface area contributed by atoms with Gasteiger partial charge in [-0.1, -0.05) is 18.2 Å². The van der Waals surface area contributed by atoms with Crippen LogP contribution in [0.5, 0.6) is 0 Å². The third-order valence-corrected chi connectivity index (χ3v) is 6.75. The molecule has 0 atom stereocenters. The van der Waals surface area contributed by atoms with Gasteiger partial charge in [-0.15, -0.1) is 0 Å². The van der Waals surface area contributed by atoms with Crippen LogP contribution in [0.15, 0.2) is 48.7 Å². The summed E-state index contributed by atoms with van der Waals surface area (Å²) in [6.07, 6.45) is 2.80. The van der Waals surface area contributed by atoms with Gasteiger partial charge in [-0.05, 0) is 37.1 Å². The fourth-order valence-electron chi connectivity index (χ4n) is 2.98. The molecule has 0 aliphatic carbocycles. The van der Waals surface area contributed by atoms with Crippen molar-refractivity contribution < 1.29 is 8.42 Å². The van der Waals surface area contributed by atoms with Gasteiger partial charge >= 0.3 is 0 Å². The van der Waals surface area contributed by atoms with Crippen molar-refractivity contribution in [2.24, 2.45) is 0 Å². The zero-order valence-electron chi connectivity index (χ0n) is 13.7. The predicted octanol–water partition coefficient (Wildman–Crippen LogP) is 2.10. The van der Waals surface area contributed by atoms with E-state index in [1.54, 1.807) is 13.2 Å². The third kappa shape index (κ3) is 3.31. The van der Waals surface area contributed by atoms with Crippen molar-refractivity contribution in [1.29, 1.82) is 0 Å². The maximum absolute atomic E-state index is 12.8. The van der Waals surface area contributed by atoms with Crippen molar-refractivity contribution in [3.8, 4) is 0 Å². The van der Waals surface area contributed by atoms with E-state index in [1.165, 1.54) is 4.31 Å². The Bertz CT molecular complexity index is 770. The first-order chi connectivity index (χ1) is 11.5. The highest BCUT2D eigenvalue weighted by Crippen LogP contribution is 2.26. The monoisotopic (exact) mass is 346 g/mol. The Hall–Kier alpha value is -2.28. The van der Waals surface area contributed by atoms with Crippen LogP contribution in [-0.2, 0) is 10.0 Å². The zero-order chi connectivity index (χ0) is 17.2. The quantitative estimate of drug-likeness (QED) is 0.917. The average molecular weight is 346 g/mol. The lowest BCUT2D eigenvalue weighted by Crippen LogP contribution is -2.44. The van der Waals surface area contributed by atoms with Crippen LogP contribution < -0.4 is 14.9 Å². The van der Waals surface area contributed by atoms with Crippen molar-refractivity contribution in [2.75, 3.05) is 35.1 Å². The van der Waals surface area contributed by atoms with E-state index in [-0.39, 0.29) is 5.25 Å². The Morgan fingerprint density at radius 3 is 2.38 bits per heavy atom. The number of anilines is 3. The molecule has 0 saturated carbocycles. The third-order valence-electron chi connectivity index (χ3n) is 4.46. The molecule has 0 amide bonds. The first-order valence-corrected chi connectivity index (χ1v) is 9.48. The Morgan fingerprint density at radius 1 is 1.12 bits per heavy atom. The average Bonchev–Trinajstić information content (AvgIpc) is 2.62. The van der Waals surface area contributed by atoms with E-state index in [0.717, 1.165) is 5.82 Å². The van der Waals surface area contributed by atoms with E-state index >= 15 is 0 Å². The first kappa shape index (κ1) is 16.6. The van der Waals surface area contributed by atoms with Gasteiger partial charge in [-0.2, -0.15) is 0 Å². The Morgan fingerprint density at radius 2 is 1.79 bits per heavy atom. The van der Waals surface area contributed by atoms with Gasteiger partial charge in [0.1, 0.15) is 5.82 Å². The molecule has 2 aromatic rings. The van der Waals surface area contributed by atoms with E-state index in [0.29, 0.717) is 37.3 Å². The van der Waals surface area contributed by atoms with Crippen LogP contribution in [0.2, 0.25) is 0 Å². The SMILES string of the molecule is CN(c1ccccc1)S(=O)(=O)C1CCN(c2ccc(N)cn2)CC1. The number of para-hydroxylation sites is 1. The molecule has 24 heavy (non-hydrogen) atoms. The van der Waals surface area contributed by atoms with E-state index in [4.69, 9.17) is 5.73 Å². The van der Waals surface area contributed by atoms with Gasteiger partial charge < -0.3 is 10.6 Å². The molecular weight excluding hydrogens is 324 g/mol. The van der Waals surface area contributed by atoms with Crippen molar-refractivity contribution in [2.45, 2.75) is 18.1 Å². The summed E-state index contributed by atoms with van der Waals surface area (Å²) in [4.78, 5) is 6.42. The van der Waals surface area contributed by atoms with Crippen LogP contribution >= 0.6 is 0 Å². The number of nitrogens with two attached hydrogens (primary N) is 1. The van der Waals surface area contributed by atoms with Crippen LogP contribution in [0.4, 0.5) is 17.2 Å². The number of hydrogen-bond donors (Lipinski definition) is 1. The van der Waals surface area contributed by atoms with Gasteiger partial charge in [-0.25, -0.2) is 13.4 Å². The Balaban J connectivity index is 1.68. The molecule has 2 heterocycles. The van der Waals surface area contributed by atoms with E-state index < -0.39 is 10.0 Å². The predicted molar refractivity (Wildman–Crippen MR) is 97.6 cm³/mol. The molecule has 1 fully saturated rings. The van der Waals surface area contributed by atoms with Gasteiger partial charge in [0.15, 0.2) is 0 Å². The Kier molecular flexibility index (Phi) is 4.62. The van der Waals surface area contributed by atoms with Gasteiger partial charge in [0, 0.05) is 20.1 Å². The molecule has 128 valence electrons.